The molecule has 22 heavy (non-hydrogen) atoms. The number of piperazine rings is 1. The molecule has 1 fully saturated rings. The lowest BCUT2D eigenvalue weighted by atomic mass is 10.3. The van der Waals surface area contributed by atoms with Crippen LogP contribution >= 0.6 is 11.6 Å². The van der Waals surface area contributed by atoms with Gasteiger partial charge in [0, 0.05) is 33.2 Å². The van der Waals surface area contributed by atoms with Crippen molar-refractivity contribution in [1.29, 1.82) is 0 Å². The Morgan fingerprint density at radius 2 is 1.82 bits per heavy atom. The van der Waals surface area contributed by atoms with E-state index in [0.29, 0.717) is 16.9 Å². The minimum Gasteiger partial charge on any atom is -0.467 e. The molecule has 0 atom stereocenters. The number of rotatable bonds is 3. The van der Waals surface area contributed by atoms with Crippen LogP contribution in [-0.4, -0.2) is 58.0 Å². The summed E-state index contributed by atoms with van der Waals surface area (Å²) in [6, 6.07) is 0.325. The van der Waals surface area contributed by atoms with Crippen molar-refractivity contribution < 1.29 is 4.74 Å². The van der Waals surface area contributed by atoms with Crippen LogP contribution in [0, 0.1) is 6.92 Å². The highest BCUT2D eigenvalue weighted by Gasteiger charge is 2.23. The second-order valence-corrected chi connectivity index (χ2v) is 5.52. The molecule has 8 nitrogen and oxygen atoms in total. The first-order valence-corrected chi connectivity index (χ1v) is 7.40. The van der Waals surface area contributed by atoms with Gasteiger partial charge in [-0.1, -0.05) is 11.6 Å². The van der Waals surface area contributed by atoms with Gasteiger partial charge in [-0.15, -0.1) is 10.2 Å². The van der Waals surface area contributed by atoms with Crippen molar-refractivity contribution in [2.45, 2.75) is 6.92 Å². The SMILES string of the molecule is COc1ncc(Cl)c(N2CCN(c3nnc(C)n3C)CC2)n1. The number of hydrogen-bond acceptors (Lipinski definition) is 7. The maximum atomic E-state index is 6.21. The smallest absolute Gasteiger partial charge is 0.318 e. The lowest BCUT2D eigenvalue weighted by Gasteiger charge is -2.35. The zero-order chi connectivity index (χ0) is 15.7. The molecule has 3 heterocycles. The molecule has 9 heteroatoms. The van der Waals surface area contributed by atoms with Crippen LogP contribution in [0.1, 0.15) is 5.82 Å². The van der Waals surface area contributed by atoms with E-state index in [1.807, 2.05) is 18.5 Å². The van der Waals surface area contributed by atoms with Gasteiger partial charge in [0.05, 0.1) is 13.3 Å². The Morgan fingerprint density at radius 3 is 2.41 bits per heavy atom. The Labute approximate surface area is 133 Å². The molecule has 1 aliphatic rings. The number of nitrogens with zero attached hydrogens (tertiary/aromatic N) is 7. The van der Waals surface area contributed by atoms with Crippen molar-refractivity contribution in [1.82, 2.24) is 24.7 Å². The standard InChI is InChI=1S/C13H18ClN7O/c1-9-17-18-13(19(9)2)21-6-4-20(5-7-21)11-10(14)8-15-12(16-11)22-3/h8H,4-7H2,1-3H3. The summed E-state index contributed by atoms with van der Waals surface area (Å²) in [5.41, 5.74) is 0. The molecule has 0 saturated carbocycles. The van der Waals surface area contributed by atoms with Crippen LogP contribution in [0.15, 0.2) is 6.20 Å². The van der Waals surface area contributed by atoms with Crippen LogP contribution < -0.4 is 14.5 Å². The lowest BCUT2D eigenvalue weighted by molar-refractivity contribution is 0.379. The summed E-state index contributed by atoms with van der Waals surface area (Å²) in [5.74, 6) is 2.51. The van der Waals surface area contributed by atoms with Crippen LogP contribution in [0.3, 0.4) is 0 Å². The first-order valence-electron chi connectivity index (χ1n) is 7.02. The maximum Gasteiger partial charge on any atom is 0.318 e. The number of ether oxygens (including phenoxy) is 1. The van der Waals surface area contributed by atoms with Gasteiger partial charge >= 0.3 is 6.01 Å². The number of hydrogen-bond donors (Lipinski definition) is 0. The van der Waals surface area contributed by atoms with E-state index in [4.69, 9.17) is 16.3 Å². The van der Waals surface area contributed by atoms with E-state index in [-0.39, 0.29) is 0 Å². The molecular weight excluding hydrogens is 306 g/mol. The third-order valence-corrected chi connectivity index (χ3v) is 4.08. The molecule has 0 bridgehead atoms. The van der Waals surface area contributed by atoms with E-state index in [9.17, 15) is 0 Å². The Balaban J connectivity index is 1.73. The van der Waals surface area contributed by atoms with Gasteiger partial charge in [-0.25, -0.2) is 4.98 Å². The van der Waals surface area contributed by atoms with Gasteiger partial charge < -0.3 is 19.1 Å². The summed E-state index contributed by atoms with van der Waals surface area (Å²) in [6.07, 6.45) is 1.57. The number of methoxy groups -OCH3 is 1. The largest absolute Gasteiger partial charge is 0.467 e. The molecule has 0 spiro atoms. The van der Waals surface area contributed by atoms with E-state index in [0.717, 1.165) is 38.0 Å². The molecule has 1 aliphatic heterocycles. The van der Waals surface area contributed by atoms with Crippen molar-refractivity contribution in [3.63, 3.8) is 0 Å². The summed E-state index contributed by atoms with van der Waals surface area (Å²) < 4.78 is 7.07. The number of halogens is 1. The molecule has 0 amide bonds. The third kappa shape index (κ3) is 2.66. The predicted molar refractivity (Wildman–Crippen MR) is 83.8 cm³/mol. The molecule has 1 saturated heterocycles. The molecule has 0 aromatic carbocycles. The molecule has 0 radical (unpaired) electrons. The van der Waals surface area contributed by atoms with E-state index in [1.165, 1.54) is 0 Å². The predicted octanol–water partition coefficient (Wildman–Crippen LogP) is 0.902. The van der Waals surface area contributed by atoms with E-state index in [1.54, 1.807) is 13.3 Å². The van der Waals surface area contributed by atoms with Gasteiger partial charge in [0.2, 0.25) is 5.95 Å². The van der Waals surface area contributed by atoms with Crippen molar-refractivity contribution in [3.8, 4) is 6.01 Å². The Morgan fingerprint density at radius 1 is 1.14 bits per heavy atom. The number of aryl methyl sites for hydroxylation is 1. The highest BCUT2D eigenvalue weighted by atomic mass is 35.5. The van der Waals surface area contributed by atoms with Gasteiger partial charge in [-0.3, -0.25) is 0 Å². The van der Waals surface area contributed by atoms with Gasteiger partial charge in [-0.2, -0.15) is 4.98 Å². The summed E-state index contributed by atoms with van der Waals surface area (Å²) in [4.78, 5) is 12.7. The normalized spacial score (nSPS) is 15.3. The first-order chi connectivity index (χ1) is 10.6. The summed E-state index contributed by atoms with van der Waals surface area (Å²) in [7, 11) is 3.52. The highest BCUT2D eigenvalue weighted by molar-refractivity contribution is 6.32. The van der Waals surface area contributed by atoms with Crippen molar-refractivity contribution in [3.05, 3.63) is 17.0 Å². The topological polar surface area (TPSA) is 72.2 Å². The highest BCUT2D eigenvalue weighted by Crippen LogP contribution is 2.26. The van der Waals surface area contributed by atoms with Crippen LogP contribution in [0.2, 0.25) is 5.02 Å². The number of anilines is 2. The van der Waals surface area contributed by atoms with Crippen LogP contribution in [0.5, 0.6) is 6.01 Å². The summed E-state index contributed by atoms with van der Waals surface area (Å²) in [5, 5.41) is 8.87. The molecule has 2 aromatic heterocycles. The van der Waals surface area contributed by atoms with Crippen molar-refractivity contribution in [2.24, 2.45) is 7.05 Å². The molecule has 0 aliphatic carbocycles. The summed E-state index contributed by atoms with van der Waals surface area (Å²) in [6.45, 7) is 5.19. The van der Waals surface area contributed by atoms with Gasteiger partial charge in [-0.05, 0) is 6.92 Å². The average molecular weight is 324 g/mol. The zero-order valence-corrected chi connectivity index (χ0v) is 13.6. The second kappa shape index (κ2) is 5.96. The minimum absolute atomic E-state index is 0.325. The third-order valence-electron chi connectivity index (χ3n) is 3.82. The van der Waals surface area contributed by atoms with Gasteiger partial charge in [0.25, 0.3) is 0 Å². The Bertz CT molecular complexity index is 666. The molecule has 3 rings (SSSR count). The molecule has 0 N–H and O–H groups in total. The second-order valence-electron chi connectivity index (χ2n) is 5.11. The van der Waals surface area contributed by atoms with Crippen molar-refractivity contribution >= 4 is 23.4 Å². The monoisotopic (exact) mass is 323 g/mol. The first kappa shape index (κ1) is 14.8. The number of aromatic nitrogens is 5. The van der Waals surface area contributed by atoms with Gasteiger partial charge in [0.1, 0.15) is 10.8 Å². The van der Waals surface area contributed by atoms with E-state index < -0.39 is 0 Å². The summed E-state index contributed by atoms with van der Waals surface area (Å²) >= 11 is 6.21. The zero-order valence-electron chi connectivity index (χ0n) is 12.8. The fourth-order valence-corrected chi connectivity index (χ4v) is 2.66. The average Bonchev–Trinajstić information content (AvgIpc) is 2.88. The minimum atomic E-state index is 0.325. The molecule has 2 aromatic rings. The molecular formula is C13H18ClN7O. The fourth-order valence-electron chi connectivity index (χ4n) is 2.45. The van der Waals surface area contributed by atoms with Gasteiger partial charge in [0.15, 0.2) is 5.82 Å². The Hall–Kier alpha value is -2.09. The molecule has 0 unspecified atom stereocenters. The van der Waals surface area contributed by atoms with E-state index >= 15 is 0 Å². The van der Waals surface area contributed by atoms with Crippen LogP contribution in [-0.2, 0) is 7.05 Å². The maximum absolute atomic E-state index is 6.21. The Kier molecular flexibility index (Phi) is 4.02. The quantitative estimate of drug-likeness (QED) is 0.831. The lowest BCUT2D eigenvalue weighted by Crippen LogP contribution is -2.47. The fraction of sp³-hybridized carbons (Fsp3) is 0.538. The van der Waals surface area contributed by atoms with Crippen LogP contribution in [0.4, 0.5) is 11.8 Å². The molecule has 118 valence electrons. The van der Waals surface area contributed by atoms with Crippen molar-refractivity contribution in [2.75, 3.05) is 43.1 Å². The van der Waals surface area contributed by atoms with E-state index in [2.05, 4.69) is 30.0 Å². The van der Waals surface area contributed by atoms with Crippen LogP contribution in [0.25, 0.3) is 0 Å².